The minimum absolute atomic E-state index is 0. The Labute approximate surface area is 110 Å². The van der Waals surface area contributed by atoms with Crippen molar-refractivity contribution in [2.24, 2.45) is 0 Å². The number of esters is 1. The van der Waals surface area contributed by atoms with E-state index in [-0.39, 0.29) is 24.3 Å². The van der Waals surface area contributed by atoms with Crippen molar-refractivity contribution in [3.05, 3.63) is 41.6 Å². The van der Waals surface area contributed by atoms with Crippen LogP contribution in [0, 0.1) is 0 Å². The van der Waals surface area contributed by atoms with Crippen LogP contribution in [0.5, 0.6) is 0 Å². The highest BCUT2D eigenvalue weighted by molar-refractivity contribution is 5.89. The van der Waals surface area contributed by atoms with Crippen LogP contribution in [-0.2, 0) is 11.3 Å². The fourth-order valence-corrected chi connectivity index (χ4v) is 1.42. The number of benzene rings is 1. The molecule has 0 bridgehead atoms. The Hall–Kier alpha value is -2.08. The third kappa shape index (κ3) is 3.21. The number of carbonyl (C=O) groups excluding carboxylic acids is 1. The molecule has 0 amide bonds. The monoisotopic (exact) mass is 269 g/mol. The van der Waals surface area contributed by atoms with Gasteiger partial charge in [0.15, 0.2) is 0 Å². The first-order valence-electron chi connectivity index (χ1n) is 4.98. The third-order valence-corrected chi connectivity index (χ3v) is 2.25. The quantitative estimate of drug-likeness (QED) is 0.487. The SMILES string of the molecule is COC(=O)c1ccc(C[n+]2cc(N)on2)cc1.[Cl-]. The summed E-state index contributed by atoms with van der Waals surface area (Å²) in [5.74, 6) is -0.0916. The van der Waals surface area contributed by atoms with Gasteiger partial charge in [-0.3, -0.25) is 4.52 Å². The molecule has 0 aliphatic rings. The van der Waals surface area contributed by atoms with E-state index in [1.807, 2.05) is 12.1 Å². The molecule has 96 valence electrons. The Morgan fingerprint density at radius 3 is 2.61 bits per heavy atom. The zero-order chi connectivity index (χ0) is 12.3. The number of rotatable bonds is 3. The number of anilines is 1. The fraction of sp³-hybridized carbons (Fsp3) is 0.182. The number of ether oxygens (including phenoxy) is 1. The van der Waals surface area contributed by atoms with Gasteiger partial charge in [-0.05, 0) is 16.8 Å². The molecule has 2 aromatic rings. The van der Waals surface area contributed by atoms with E-state index < -0.39 is 0 Å². The lowest BCUT2D eigenvalue weighted by Gasteiger charge is -1.99. The predicted octanol–water partition coefficient (Wildman–Crippen LogP) is -2.62. The second-order valence-electron chi connectivity index (χ2n) is 3.49. The number of nitrogens with two attached hydrogens (primary N) is 1. The first-order valence-corrected chi connectivity index (χ1v) is 4.98. The van der Waals surface area contributed by atoms with E-state index in [0.717, 1.165) is 5.56 Å². The Balaban J connectivity index is 0.00000162. The smallest absolute Gasteiger partial charge is 0.337 e. The van der Waals surface area contributed by atoms with Crippen molar-refractivity contribution in [3.8, 4) is 0 Å². The Kier molecular flexibility index (Phi) is 4.67. The van der Waals surface area contributed by atoms with Crippen molar-refractivity contribution in [1.29, 1.82) is 0 Å². The molecule has 0 aliphatic carbocycles. The van der Waals surface area contributed by atoms with Crippen LogP contribution in [-0.4, -0.2) is 18.4 Å². The lowest BCUT2D eigenvalue weighted by Crippen LogP contribution is -3.00. The number of hydrogen-bond donors (Lipinski definition) is 1. The molecule has 1 aromatic carbocycles. The highest BCUT2D eigenvalue weighted by Gasteiger charge is 2.10. The number of aromatic nitrogens is 2. The first-order chi connectivity index (χ1) is 8.19. The molecule has 1 aromatic heterocycles. The van der Waals surface area contributed by atoms with Gasteiger partial charge in [-0.15, -0.1) is 0 Å². The minimum Gasteiger partial charge on any atom is -1.00 e. The summed E-state index contributed by atoms with van der Waals surface area (Å²) in [7, 11) is 1.35. The van der Waals surface area contributed by atoms with Crippen LogP contribution in [0.15, 0.2) is 35.0 Å². The summed E-state index contributed by atoms with van der Waals surface area (Å²) in [5, 5.41) is 3.71. The largest absolute Gasteiger partial charge is 1.00 e. The zero-order valence-electron chi connectivity index (χ0n) is 9.67. The van der Waals surface area contributed by atoms with Crippen LogP contribution in [0.3, 0.4) is 0 Å². The van der Waals surface area contributed by atoms with Gasteiger partial charge in [0.1, 0.15) is 0 Å². The molecule has 0 radical (unpaired) electrons. The second-order valence-corrected chi connectivity index (χ2v) is 3.49. The van der Waals surface area contributed by atoms with E-state index >= 15 is 0 Å². The maximum Gasteiger partial charge on any atom is 0.337 e. The number of hydrogen-bond acceptors (Lipinski definition) is 5. The van der Waals surface area contributed by atoms with Crippen LogP contribution >= 0.6 is 0 Å². The Morgan fingerprint density at radius 2 is 2.11 bits per heavy atom. The molecule has 0 aliphatic heterocycles. The minimum atomic E-state index is -0.352. The molecule has 2 rings (SSSR count). The van der Waals surface area contributed by atoms with E-state index in [2.05, 4.69) is 10.0 Å². The van der Waals surface area contributed by atoms with Crippen LogP contribution in [0.2, 0.25) is 0 Å². The molecule has 0 fully saturated rings. The number of nitrogen functional groups attached to an aromatic ring is 1. The van der Waals surface area contributed by atoms with Gasteiger partial charge >= 0.3 is 5.97 Å². The standard InChI is InChI=1S/C11H12N3O3.ClH/c1-16-11(15)9-4-2-8(3-5-9)6-14-7-10(12)17-13-14;/h2-5,7H,6,12H2,1H3;1H/q+1;/p-1. The molecule has 18 heavy (non-hydrogen) atoms. The maximum absolute atomic E-state index is 11.2. The van der Waals surface area contributed by atoms with Crippen LogP contribution in [0.25, 0.3) is 0 Å². The average molecular weight is 270 g/mol. The Bertz CT molecular complexity index is 525. The molecule has 0 spiro atoms. The van der Waals surface area contributed by atoms with Gasteiger partial charge in [-0.1, -0.05) is 12.1 Å². The van der Waals surface area contributed by atoms with E-state index in [1.54, 1.807) is 23.0 Å². The van der Waals surface area contributed by atoms with Gasteiger partial charge in [0, 0.05) is 5.56 Å². The first kappa shape index (κ1) is 14.0. The number of carbonyl (C=O) groups is 1. The third-order valence-electron chi connectivity index (χ3n) is 2.25. The summed E-state index contributed by atoms with van der Waals surface area (Å²) >= 11 is 0. The average Bonchev–Trinajstić information content (AvgIpc) is 2.75. The summed E-state index contributed by atoms with van der Waals surface area (Å²) < 4.78 is 10.9. The summed E-state index contributed by atoms with van der Waals surface area (Å²) in [5.41, 5.74) is 6.90. The summed E-state index contributed by atoms with van der Waals surface area (Å²) in [6.45, 7) is 0.530. The van der Waals surface area contributed by atoms with Crippen molar-refractivity contribution < 1.29 is 31.1 Å². The van der Waals surface area contributed by atoms with Crippen LogP contribution < -0.4 is 22.8 Å². The van der Waals surface area contributed by atoms with Crippen LogP contribution in [0.1, 0.15) is 15.9 Å². The highest BCUT2D eigenvalue weighted by Crippen LogP contribution is 2.05. The van der Waals surface area contributed by atoms with E-state index in [1.165, 1.54) is 7.11 Å². The maximum atomic E-state index is 11.2. The van der Waals surface area contributed by atoms with Crippen LogP contribution in [0.4, 0.5) is 5.88 Å². The molecule has 0 saturated carbocycles. The molecular formula is C11H12ClN3O3. The summed E-state index contributed by atoms with van der Waals surface area (Å²) in [6.07, 6.45) is 1.59. The van der Waals surface area contributed by atoms with Gasteiger partial charge in [-0.2, -0.15) is 0 Å². The Morgan fingerprint density at radius 1 is 1.44 bits per heavy atom. The van der Waals surface area contributed by atoms with Crippen molar-refractivity contribution in [2.75, 3.05) is 12.8 Å². The van der Waals surface area contributed by atoms with Crippen molar-refractivity contribution in [3.63, 3.8) is 0 Å². The van der Waals surface area contributed by atoms with Crippen molar-refractivity contribution in [2.45, 2.75) is 6.54 Å². The molecule has 0 atom stereocenters. The molecule has 2 N–H and O–H groups in total. The molecular weight excluding hydrogens is 258 g/mol. The summed E-state index contributed by atoms with van der Waals surface area (Å²) in [6, 6.07) is 7.05. The lowest BCUT2D eigenvalue weighted by molar-refractivity contribution is -0.754. The second kappa shape index (κ2) is 6.02. The number of nitrogens with zero attached hydrogens (tertiary/aromatic N) is 2. The van der Waals surface area contributed by atoms with Gasteiger partial charge < -0.3 is 22.9 Å². The molecule has 0 unspecified atom stereocenters. The van der Waals surface area contributed by atoms with Gasteiger partial charge in [0.25, 0.3) is 12.1 Å². The number of methoxy groups -OCH3 is 1. The van der Waals surface area contributed by atoms with Gasteiger partial charge in [0.2, 0.25) is 11.8 Å². The van der Waals surface area contributed by atoms with E-state index in [9.17, 15) is 4.79 Å². The zero-order valence-corrected chi connectivity index (χ0v) is 10.4. The van der Waals surface area contributed by atoms with E-state index in [0.29, 0.717) is 12.1 Å². The van der Waals surface area contributed by atoms with Gasteiger partial charge in [-0.25, -0.2) is 4.79 Å². The fourth-order valence-electron chi connectivity index (χ4n) is 1.42. The number of halogens is 1. The summed E-state index contributed by atoms with van der Waals surface area (Å²) in [4.78, 5) is 11.2. The van der Waals surface area contributed by atoms with Crippen molar-refractivity contribution in [1.82, 2.24) is 5.27 Å². The topological polar surface area (TPSA) is 82.2 Å². The molecule has 1 heterocycles. The van der Waals surface area contributed by atoms with Gasteiger partial charge in [0.05, 0.1) is 12.7 Å². The normalized spacial score (nSPS) is 9.61. The lowest BCUT2D eigenvalue weighted by atomic mass is 10.1. The molecule has 7 heteroatoms. The van der Waals surface area contributed by atoms with E-state index in [4.69, 9.17) is 10.3 Å². The predicted molar refractivity (Wildman–Crippen MR) is 58.0 cm³/mol. The molecule has 6 nitrogen and oxygen atoms in total. The van der Waals surface area contributed by atoms with Crippen molar-refractivity contribution >= 4 is 11.9 Å². The highest BCUT2D eigenvalue weighted by atomic mass is 35.5. The molecule has 0 saturated heterocycles.